The minimum Gasteiger partial charge on any atom is -0.314 e. The molecule has 1 atom stereocenters. The Morgan fingerprint density at radius 2 is 2.07 bits per heavy atom. The molecule has 4 nitrogen and oxygen atoms in total. The van der Waals surface area contributed by atoms with E-state index >= 15 is 0 Å². The Balaban J connectivity index is 2.60. The summed E-state index contributed by atoms with van der Waals surface area (Å²) in [6.45, 7) is 7.79. The highest BCUT2D eigenvalue weighted by Gasteiger charge is 2.31. The number of rotatable bonds is 3. The molecule has 1 unspecified atom stereocenters. The molecule has 90 valence electrons. The van der Waals surface area contributed by atoms with Gasteiger partial charge in [-0.1, -0.05) is 0 Å². The molecule has 1 aliphatic heterocycles. The largest absolute Gasteiger partial charge is 0.314 e. The van der Waals surface area contributed by atoms with Crippen LogP contribution in [-0.2, 0) is 9.84 Å². The maximum atomic E-state index is 11.4. The van der Waals surface area contributed by atoms with Crippen molar-refractivity contribution >= 4 is 9.84 Å². The van der Waals surface area contributed by atoms with Crippen molar-refractivity contribution in [2.24, 2.45) is 0 Å². The van der Waals surface area contributed by atoms with Gasteiger partial charge in [-0.15, -0.1) is 0 Å². The summed E-state index contributed by atoms with van der Waals surface area (Å²) in [5.74, 6) is 0.601. The lowest BCUT2D eigenvalue weighted by Crippen LogP contribution is -2.55. The highest BCUT2D eigenvalue weighted by atomic mass is 32.2. The molecule has 1 aliphatic rings. The second kappa shape index (κ2) is 4.39. The Bertz CT molecular complexity index is 311. The Kier molecular flexibility index (Phi) is 3.79. The van der Waals surface area contributed by atoms with Gasteiger partial charge in [-0.2, -0.15) is 0 Å². The quantitative estimate of drug-likeness (QED) is 0.752. The van der Waals surface area contributed by atoms with Crippen LogP contribution in [0.3, 0.4) is 0 Å². The third kappa shape index (κ3) is 3.74. The summed E-state index contributed by atoms with van der Waals surface area (Å²) in [6.07, 6.45) is 0. The van der Waals surface area contributed by atoms with E-state index in [-0.39, 0.29) is 11.6 Å². The maximum absolute atomic E-state index is 11.4. The van der Waals surface area contributed by atoms with E-state index in [9.17, 15) is 8.42 Å². The zero-order valence-electron chi connectivity index (χ0n) is 10.1. The normalized spacial score (nSPS) is 27.9. The first kappa shape index (κ1) is 12.9. The zero-order valence-corrected chi connectivity index (χ0v) is 10.9. The number of nitrogens with zero attached hydrogens (tertiary/aromatic N) is 1. The summed E-state index contributed by atoms with van der Waals surface area (Å²) >= 11 is 0. The van der Waals surface area contributed by atoms with E-state index in [4.69, 9.17) is 0 Å². The van der Waals surface area contributed by atoms with Gasteiger partial charge in [0, 0.05) is 24.7 Å². The Hall–Kier alpha value is -0.130. The zero-order chi connectivity index (χ0) is 11.7. The van der Waals surface area contributed by atoms with Gasteiger partial charge in [-0.3, -0.25) is 4.90 Å². The Morgan fingerprint density at radius 1 is 1.47 bits per heavy atom. The molecule has 0 aromatic carbocycles. The average Bonchev–Trinajstić information content (AvgIpc) is 2.09. The average molecular weight is 234 g/mol. The molecule has 0 spiro atoms. The fraction of sp³-hybridized carbons (Fsp3) is 1.00. The molecule has 1 saturated heterocycles. The van der Waals surface area contributed by atoms with Crippen LogP contribution in [0.2, 0.25) is 0 Å². The predicted molar refractivity (Wildman–Crippen MR) is 62.8 cm³/mol. The van der Waals surface area contributed by atoms with Crippen LogP contribution in [0, 0.1) is 0 Å². The number of likely N-dealkylation sites (N-methyl/N-ethyl adjacent to an activating group) is 1. The first-order chi connectivity index (χ1) is 6.76. The standard InChI is InChI=1S/C10H22N2O2S/c1-9-7-15(13,14)6-5-12(9)8-10(2,3)11-4/h9,11H,5-8H2,1-4H3. The van der Waals surface area contributed by atoms with Crippen LogP contribution in [0.1, 0.15) is 20.8 Å². The van der Waals surface area contributed by atoms with Crippen LogP contribution < -0.4 is 5.32 Å². The van der Waals surface area contributed by atoms with Gasteiger partial charge in [-0.25, -0.2) is 8.42 Å². The third-order valence-electron chi connectivity index (χ3n) is 3.08. The molecule has 0 saturated carbocycles. The van der Waals surface area contributed by atoms with Crippen molar-refractivity contribution < 1.29 is 8.42 Å². The Morgan fingerprint density at radius 3 is 2.53 bits per heavy atom. The van der Waals surface area contributed by atoms with Crippen LogP contribution in [0.25, 0.3) is 0 Å². The summed E-state index contributed by atoms with van der Waals surface area (Å²) < 4.78 is 22.8. The number of hydrogen-bond donors (Lipinski definition) is 1. The van der Waals surface area contributed by atoms with Crippen molar-refractivity contribution in [2.75, 3.05) is 31.6 Å². The molecule has 1 fully saturated rings. The molecule has 5 heteroatoms. The summed E-state index contributed by atoms with van der Waals surface area (Å²) in [5.41, 5.74) is 0.0371. The van der Waals surface area contributed by atoms with E-state index in [0.29, 0.717) is 18.1 Å². The van der Waals surface area contributed by atoms with Gasteiger partial charge in [-0.05, 0) is 27.8 Å². The molecule has 1 N–H and O–H groups in total. The van der Waals surface area contributed by atoms with Gasteiger partial charge in [0.25, 0.3) is 0 Å². The first-order valence-electron chi connectivity index (χ1n) is 5.39. The summed E-state index contributed by atoms with van der Waals surface area (Å²) in [4.78, 5) is 2.25. The topological polar surface area (TPSA) is 49.4 Å². The van der Waals surface area contributed by atoms with E-state index in [1.54, 1.807) is 0 Å². The van der Waals surface area contributed by atoms with Crippen LogP contribution in [0.15, 0.2) is 0 Å². The molecular weight excluding hydrogens is 212 g/mol. The monoisotopic (exact) mass is 234 g/mol. The fourth-order valence-corrected chi connectivity index (χ4v) is 3.48. The van der Waals surface area contributed by atoms with E-state index in [2.05, 4.69) is 24.1 Å². The van der Waals surface area contributed by atoms with Gasteiger partial charge in [0.1, 0.15) is 0 Å². The minimum atomic E-state index is -2.79. The van der Waals surface area contributed by atoms with Gasteiger partial charge < -0.3 is 5.32 Å². The molecule has 0 radical (unpaired) electrons. The first-order valence-corrected chi connectivity index (χ1v) is 7.21. The molecule has 0 bridgehead atoms. The summed E-state index contributed by atoms with van der Waals surface area (Å²) in [7, 11) is -0.853. The molecule has 0 aromatic heterocycles. The summed E-state index contributed by atoms with van der Waals surface area (Å²) in [6, 6.07) is 0.136. The van der Waals surface area contributed by atoms with Crippen LogP contribution in [0.4, 0.5) is 0 Å². The van der Waals surface area contributed by atoms with Crippen LogP contribution in [-0.4, -0.2) is 56.5 Å². The molecule has 0 aliphatic carbocycles. The predicted octanol–water partition coefficient (Wildman–Crippen LogP) is 0.103. The lowest BCUT2D eigenvalue weighted by Gasteiger charge is -2.38. The number of hydrogen-bond acceptors (Lipinski definition) is 4. The number of nitrogens with one attached hydrogen (secondary N) is 1. The van der Waals surface area contributed by atoms with Crippen LogP contribution >= 0.6 is 0 Å². The van der Waals surface area contributed by atoms with E-state index in [0.717, 1.165) is 6.54 Å². The third-order valence-corrected chi connectivity index (χ3v) is 4.88. The van der Waals surface area contributed by atoms with Crippen molar-refractivity contribution in [2.45, 2.75) is 32.4 Å². The van der Waals surface area contributed by atoms with E-state index in [1.165, 1.54) is 0 Å². The molecule has 0 amide bonds. The van der Waals surface area contributed by atoms with Crippen molar-refractivity contribution in [3.63, 3.8) is 0 Å². The molecule has 1 heterocycles. The van der Waals surface area contributed by atoms with Crippen molar-refractivity contribution in [3.05, 3.63) is 0 Å². The molecule has 1 rings (SSSR count). The smallest absolute Gasteiger partial charge is 0.153 e. The second-order valence-electron chi connectivity index (χ2n) is 5.07. The second-order valence-corrected chi connectivity index (χ2v) is 7.30. The van der Waals surface area contributed by atoms with E-state index < -0.39 is 9.84 Å². The highest BCUT2D eigenvalue weighted by Crippen LogP contribution is 2.14. The van der Waals surface area contributed by atoms with Crippen LogP contribution in [0.5, 0.6) is 0 Å². The molecule has 0 aromatic rings. The maximum Gasteiger partial charge on any atom is 0.153 e. The van der Waals surface area contributed by atoms with Gasteiger partial charge in [0.15, 0.2) is 9.84 Å². The van der Waals surface area contributed by atoms with Gasteiger partial charge in [0.2, 0.25) is 0 Å². The van der Waals surface area contributed by atoms with Gasteiger partial charge in [0.05, 0.1) is 11.5 Å². The Labute approximate surface area is 93.0 Å². The fourth-order valence-electron chi connectivity index (χ4n) is 1.85. The van der Waals surface area contributed by atoms with Gasteiger partial charge >= 0.3 is 0 Å². The van der Waals surface area contributed by atoms with Crippen molar-refractivity contribution in [1.82, 2.24) is 10.2 Å². The van der Waals surface area contributed by atoms with Crippen molar-refractivity contribution in [1.29, 1.82) is 0 Å². The summed E-state index contributed by atoms with van der Waals surface area (Å²) in [5, 5.41) is 3.24. The van der Waals surface area contributed by atoms with E-state index in [1.807, 2.05) is 14.0 Å². The molecular formula is C10H22N2O2S. The number of sulfone groups is 1. The minimum absolute atomic E-state index is 0.0371. The highest BCUT2D eigenvalue weighted by molar-refractivity contribution is 7.91. The lowest BCUT2D eigenvalue weighted by atomic mass is 10.0. The SMILES string of the molecule is CNC(C)(C)CN1CCS(=O)(=O)CC1C. The van der Waals surface area contributed by atoms with Crippen molar-refractivity contribution in [3.8, 4) is 0 Å². The molecule has 15 heavy (non-hydrogen) atoms. The lowest BCUT2D eigenvalue weighted by molar-refractivity contribution is 0.173.